The van der Waals surface area contributed by atoms with Crippen LogP contribution in [0.25, 0.3) is 0 Å². The zero-order chi connectivity index (χ0) is 11.2. The second kappa shape index (κ2) is 3.23. The van der Waals surface area contributed by atoms with Crippen molar-refractivity contribution in [3.05, 3.63) is 12.2 Å². The fourth-order valence-electron chi connectivity index (χ4n) is 2.11. The molecule has 1 saturated heterocycles. The molecule has 0 spiro atoms. The van der Waals surface area contributed by atoms with E-state index in [1.165, 1.54) is 0 Å². The molecule has 0 aromatic rings. The largest absolute Gasteiger partial charge is 0.444 e. The molecule has 84 valence electrons. The SMILES string of the molecule is CC(C)(C)OC(=O)N1[C@@H]2C=C[C@H]1C[C@H]2O. The minimum atomic E-state index is -0.482. The molecule has 2 rings (SSSR count). The molecular formula is C11H17NO3. The Morgan fingerprint density at radius 2 is 2.13 bits per heavy atom. The fraction of sp³-hybridized carbons (Fsp3) is 0.727. The van der Waals surface area contributed by atoms with Gasteiger partial charge in [0.05, 0.1) is 18.2 Å². The summed E-state index contributed by atoms with van der Waals surface area (Å²) in [5, 5.41) is 9.64. The van der Waals surface area contributed by atoms with Gasteiger partial charge in [-0.2, -0.15) is 0 Å². The second-order valence-electron chi connectivity index (χ2n) is 5.13. The van der Waals surface area contributed by atoms with Gasteiger partial charge in [0, 0.05) is 0 Å². The molecule has 2 heterocycles. The molecule has 15 heavy (non-hydrogen) atoms. The zero-order valence-corrected chi connectivity index (χ0v) is 9.30. The molecule has 0 aromatic heterocycles. The van der Waals surface area contributed by atoms with Gasteiger partial charge in [0.25, 0.3) is 0 Å². The molecular weight excluding hydrogens is 194 g/mol. The van der Waals surface area contributed by atoms with Crippen molar-refractivity contribution in [3.8, 4) is 0 Å². The van der Waals surface area contributed by atoms with E-state index < -0.39 is 11.7 Å². The van der Waals surface area contributed by atoms with Crippen LogP contribution in [0.15, 0.2) is 12.2 Å². The van der Waals surface area contributed by atoms with Crippen LogP contribution in [0.5, 0.6) is 0 Å². The van der Waals surface area contributed by atoms with Crippen LogP contribution in [0, 0.1) is 0 Å². The summed E-state index contributed by atoms with van der Waals surface area (Å²) in [5.41, 5.74) is -0.482. The molecule has 0 aromatic carbocycles. The first-order valence-corrected chi connectivity index (χ1v) is 5.26. The van der Waals surface area contributed by atoms with Crippen molar-refractivity contribution < 1.29 is 14.6 Å². The van der Waals surface area contributed by atoms with E-state index in [9.17, 15) is 9.90 Å². The Labute approximate surface area is 89.5 Å². The number of aliphatic hydroxyl groups is 1. The third kappa shape index (κ3) is 1.86. The van der Waals surface area contributed by atoms with Gasteiger partial charge in [0.2, 0.25) is 0 Å². The lowest BCUT2D eigenvalue weighted by Crippen LogP contribution is -2.41. The van der Waals surface area contributed by atoms with Crippen molar-refractivity contribution in [3.63, 3.8) is 0 Å². The first-order chi connectivity index (χ1) is 6.88. The summed E-state index contributed by atoms with van der Waals surface area (Å²) >= 11 is 0. The van der Waals surface area contributed by atoms with Gasteiger partial charge in [-0.05, 0) is 27.2 Å². The van der Waals surface area contributed by atoms with Crippen LogP contribution < -0.4 is 0 Å². The highest BCUT2D eigenvalue weighted by atomic mass is 16.6. The van der Waals surface area contributed by atoms with E-state index in [0.717, 1.165) is 0 Å². The van der Waals surface area contributed by atoms with Gasteiger partial charge in [0.1, 0.15) is 5.60 Å². The van der Waals surface area contributed by atoms with E-state index in [-0.39, 0.29) is 18.2 Å². The lowest BCUT2D eigenvalue weighted by molar-refractivity contribution is 0.0193. The Bertz CT molecular complexity index is 305. The van der Waals surface area contributed by atoms with Gasteiger partial charge < -0.3 is 9.84 Å². The number of ether oxygens (including phenoxy) is 1. The highest BCUT2D eigenvalue weighted by Crippen LogP contribution is 2.33. The van der Waals surface area contributed by atoms with Gasteiger partial charge in [-0.25, -0.2) is 4.79 Å². The molecule has 4 heteroatoms. The Morgan fingerprint density at radius 1 is 1.47 bits per heavy atom. The number of rotatable bonds is 0. The Balaban J connectivity index is 2.05. The van der Waals surface area contributed by atoms with Crippen LogP contribution in [-0.4, -0.2) is 39.9 Å². The normalized spacial score (nSPS) is 33.6. The topological polar surface area (TPSA) is 49.8 Å². The third-order valence-electron chi connectivity index (χ3n) is 2.69. The summed E-state index contributed by atoms with van der Waals surface area (Å²) in [6, 6.07) is -0.176. The van der Waals surface area contributed by atoms with Crippen LogP contribution in [0.1, 0.15) is 27.2 Å². The number of fused-ring (bicyclic) bond motifs is 2. The van der Waals surface area contributed by atoms with Crippen molar-refractivity contribution in [1.29, 1.82) is 0 Å². The van der Waals surface area contributed by atoms with Crippen LogP contribution in [0.3, 0.4) is 0 Å². The van der Waals surface area contributed by atoms with Gasteiger partial charge in [0.15, 0.2) is 0 Å². The van der Waals surface area contributed by atoms with E-state index >= 15 is 0 Å². The van der Waals surface area contributed by atoms with Gasteiger partial charge in [-0.15, -0.1) is 0 Å². The maximum Gasteiger partial charge on any atom is 0.411 e. The third-order valence-corrected chi connectivity index (χ3v) is 2.69. The lowest BCUT2D eigenvalue weighted by Gasteiger charge is -2.27. The Hall–Kier alpha value is -1.03. The molecule has 1 amide bonds. The molecule has 3 atom stereocenters. The summed E-state index contributed by atoms with van der Waals surface area (Å²) in [7, 11) is 0. The minimum Gasteiger partial charge on any atom is -0.444 e. The van der Waals surface area contributed by atoms with E-state index in [1.54, 1.807) is 4.90 Å². The molecule has 2 aliphatic rings. The summed E-state index contributed by atoms with van der Waals surface area (Å²) in [6.07, 6.45) is 3.69. The quantitative estimate of drug-likeness (QED) is 0.614. The lowest BCUT2D eigenvalue weighted by atomic mass is 10.1. The predicted octanol–water partition coefficient (Wildman–Crippen LogP) is 1.30. The first kappa shape index (κ1) is 10.5. The van der Waals surface area contributed by atoms with Crippen molar-refractivity contribution in [2.75, 3.05) is 0 Å². The number of hydrogen-bond donors (Lipinski definition) is 1. The van der Waals surface area contributed by atoms with Crippen molar-refractivity contribution >= 4 is 6.09 Å². The predicted molar refractivity (Wildman–Crippen MR) is 55.4 cm³/mol. The highest BCUT2D eigenvalue weighted by Gasteiger charge is 2.46. The van der Waals surface area contributed by atoms with Crippen LogP contribution in [0.4, 0.5) is 4.79 Å². The average molecular weight is 211 g/mol. The number of nitrogens with zero attached hydrogens (tertiary/aromatic N) is 1. The van der Waals surface area contributed by atoms with E-state index in [0.29, 0.717) is 6.42 Å². The number of carbonyl (C=O) groups is 1. The average Bonchev–Trinajstić information content (AvgIpc) is 2.55. The van der Waals surface area contributed by atoms with E-state index in [4.69, 9.17) is 4.74 Å². The minimum absolute atomic E-state index is 0.0137. The molecule has 0 saturated carbocycles. The highest BCUT2D eigenvalue weighted by molar-refractivity contribution is 5.71. The second-order valence-corrected chi connectivity index (χ2v) is 5.13. The molecule has 1 N–H and O–H groups in total. The number of hydrogen-bond acceptors (Lipinski definition) is 3. The number of amides is 1. The van der Waals surface area contributed by atoms with Gasteiger partial charge in [-0.3, -0.25) is 4.90 Å². The number of carbonyl (C=O) groups excluding carboxylic acids is 1. The molecule has 4 nitrogen and oxygen atoms in total. The number of aliphatic hydroxyl groups excluding tert-OH is 1. The molecule has 0 unspecified atom stereocenters. The maximum atomic E-state index is 11.8. The standard InChI is InChI=1S/C11H17NO3/c1-11(2,3)15-10(14)12-7-4-5-8(12)9(13)6-7/h4-5,7-9,13H,6H2,1-3H3/t7-,8+,9+/m0/s1. The van der Waals surface area contributed by atoms with Crippen LogP contribution in [0.2, 0.25) is 0 Å². The summed E-state index contributed by atoms with van der Waals surface area (Å²) in [4.78, 5) is 13.4. The molecule has 2 aliphatic heterocycles. The zero-order valence-electron chi connectivity index (χ0n) is 9.30. The van der Waals surface area contributed by atoms with E-state index in [1.807, 2.05) is 32.9 Å². The molecule has 0 aliphatic carbocycles. The summed E-state index contributed by atoms with van der Waals surface area (Å²) in [6.45, 7) is 5.52. The Morgan fingerprint density at radius 3 is 2.53 bits per heavy atom. The molecule has 2 bridgehead atoms. The van der Waals surface area contributed by atoms with Crippen molar-refractivity contribution in [1.82, 2.24) is 4.90 Å². The van der Waals surface area contributed by atoms with E-state index in [2.05, 4.69) is 0 Å². The smallest absolute Gasteiger partial charge is 0.411 e. The summed E-state index contributed by atoms with van der Waals surface area (Å²) < 4.78 is 5.29. The van der Waals surface area contributed by atoms with Crippen molar-refractivity contribution in [2.24, 2.45) is 0 Å². The fourth-order valence-corrected chi connectivity index (χ4v) is 2.11. The van der Waals surface area contributed by atoms with Crippen LogP contribution >= 0.6 is 0 Å². The Kier molecular flexibility index (Phi) is 2.26. The van der Waals surface area contributed by atoms with Crippen molar-refractivity contribution in [2.45, 2.75) is 51.0 Å². The first-order valence-electron chi connectivity index (χ1n) is 5.26. The van der Waals surface area contributed by atoms with Crippen LogP contribution in [-0.2, 0) is 4.74 Å². The maximum absolute atomic E-state index is 11.8. The van der Waals surface area contributed by atoms with Gasteiger partial charge in [-0.1, -0.05) is 12.2 Å². The monoisotopic (exact) mass is 211 g/mol. The summed E-state index contributed by atoms with van der Waals surface area (Å²) in [5.74, 6) is 0. The molecule has 1 fully saturated rings. The molecule has 0 radical (unpaired) electrons. The van der Waals surface area contributed by atoms with Gasteiger partial charge >= 0.3 is 6.09 Å².